The molecule has 0 atom stereocenters. The van der Waals surface area contributed by atoms with Gasteiger partial charge >= 0.3 is 0 Å². The van der Waals surface area contributed by atoms with E-state index in [1.54, 1.807) is 0 Å². The lowest BCUT2D eigenvalue weighted by Gasteiger charge is -2.34. The van der Waals surface area contributed by atoms with Crippen LogP contribution >= 0.6 is 0 Å². The molecule has 20 heavy (non-hydrogen) atoms. The second-order valence-corrected chi connectivity index (χ2v) is 4.97. The van der Waals surface area contributed by atoms with Crippen LogP contribution in [0.15, 0.2) is 48.5 Å². The lowest BCUT2D eigenvalue weighted by atomic mass is 10.2. The molecule has 0 amide bonds. The van der Waals surface area contributed by atoms with E-state index in [4.69, 9.17) is 9.97 Å². The fourth-order valence-electron chi connectivity index (χ4n) is 2.69. The molecule has 4 rings (SSSR count). The molecule has 1 aromatic heterocycles. The normalized spacial score (nSPS) is 13.3. The second kappa shape index (κ2) is 3.93. The van der Waals surface area contributed by atoms with Crippen LogP contribution in [0, 0.1) is 0 Å². The summed E-state index contributed by atoms with van der Waals surface area (Å²) in [4.78, 5) is 13.7. The van der Waals surface area contributed by atoms with Gasteiger partial charge in [-0.25, -0.2) is 9.97 Å². The summed E-state index contributed by atoms with van der Waals surface area (Å²) in [6, 6.07) is 16.3. The van der Waals surface area contributed by atoms with Crippen LogP contribution in [0.3, 0.4) is 0 Å². The molecular weight excluding hydrogens is 248 g/mol. The highest BCUT2D eigenvalue weighted by Crippen LogP contribution is 2.44. The number of rotatable bonds is 0. The third kappa shape index (κ3) is 1.42. The zero-order valence-corrected chi connectivity index (χ0v) is 11.4. The van der Waals surface area contributed by atoms with Crippen molar-refractivity contribution in [3.63, 3.8) is 0 Å². The first-order valence-corrected chi connectivity index (χ1v) is 6.59. The number of anilines is 4. The molecule has 3 aromatic rings. The minimum atomic E-state index is 0.893. The average molecular weight is 262 g/mol. The van der Waals surface area contributed by atoms with E-state index in [1.807, 2.05) is 50.5 Å². The summed E-state index contributed by atoms with van der Waals surface area (Å²) in [7, 11) is 4.07. The number of aromatic nitrogens is 2. The fraction of sp³-hybridized carbons (Fsp3) is 0.125. The SMILES string of the molecule is CN1c2ccccc2N(C)c2nc3ccccc3nc21. The highest BCUT2D eigenvalue weighted by atomic mass is 15.3. The molecule has 1 aliphatic heterocycles. The first-order valence-electron chi connectivity index (χ1n) is 6.59. The first-order chi connectivity index (χ1) is 9.75. The first kappa shape index (κ1) is 11.2. The Balaban J connectivity index is 2.03. The number of para-hydroxylation sites is 4. The van der Waals surface area contributed by atoms with Crippen molar-refractivity contribution < 1.29 is 0 Å². The zero-order chi connectivity index (χ0) is 13.7. The Morgan fingerprint density at radius 2 is 1.05 bits per heavy atom. The van der Waals surface area contributed by atoms with E-state index < -0.39 is 0 Å². The lowest BCUT2D eigenvalue weighted by molar-refractivity contribution is 1.02. The Bertz CT molecular complexity index is 745. The van der Waals surface area contributed by atoms with Gasteiger partial charge in [-0.3, -0.25) is 0 Å². The Morgan fingerprint density at radius 3 is 1.50 bits per heavy atom. The lowest BCUT2D eigenvalue weighted by Crippen LogP contribution is -2.26. The molecule has 0 N–H and O–H groups in total. The van der Waals surface area contributed by atoms with E-state index in [2.05, 4.69) is 21.9 Å². The van der Waals surface area contributed by atoms with Gasteiger partial charge in [0.25, 0.3) is 0 Å². The molecule has 4 heteroatoms. The van der Waals surface area contributed by atoms with Crippen molar-refractivity contribution in [1.82, 2.24) is 9.97 Å². The summed E-state index contributed by atoms with van der Waals surface area (Å²) < 4.78 is 0. The summed E-state index contributed by atoms with van der Waals surface area (Å²) in [6.07, 6.45) is 0. The average Bonchev–Trinajstić information content (AvgIpc) is 2.51. The van der Waals surface area contributed by atoms with Crippen LogP contribution in [0.1, 0.15) is 0 Å². The van der Waals surface area contributed by atoms with Crippen molar-refractivity contribution in [3.05, 3.63) is 48.5 Å². The molecule has 0 fully saturated rings. The molecule has 2 heterocycles. The molecule has 0 bridgehead atoms. The van der Waals surface area contributed by atoms with E-state index in [1.165, 1.54) is 0 Å². The largest absolute Gasteiger partial charge is 0.325 e. The molecule has 1 aliphatic rings. The van der Waals surface area contributed by atoms with E-state index in [-0.39, 0.29) is 0 Å². The summed E-state index contributed by atoms with van der Waals surface area (Å²) in [5.74, 6) is 1.79. The predicted octanol–water partition coefficient (Wildman–Crippen LogP) is 3.48. The second-order valence-electron chi connectivity index (χ2n) is 4.97. The standard InChI is InChI=1S/C16H14N4/c1-19-13-9-5-6-10-14(13)20(2)16-15(19)17-11-7-3-4-8-12(11)18-16/h3-10H,1-2H3. The van der Waals surface area contributed by atoms with Gasteiger partial charge in [0.05, 0.1) is 22.4 Å². The van der Waals surface area contributed by atoms with Gasteiger partial charge in [0, 0.05) is 14.1 Å². The third-order valence-corrected chi connectivity index (χ3v) is 3.77. The van der Waals surface area contributed by atoms with E-state index in [0.29, 0.717) is 0 Å². The Hall–Kier alpha value is -2.62. The van der Waals surface area contributed by atoms with Crippen LogP contribution < -0.4 is 9.80 Å². The van der Waals surface area contributed by atoms with Gasteiger partial charge in [-0.05, 0) is 24.3 Å². The summed E-state index contributed by atoms with van der Waals surface area (Å²) in [6.45, 7) is 0. The van der Waals surface area contributed by atoms with Gasteiger partial charge in [0.2, 0.25) is 0 Å². The fourth-order valence-corrected chi connectivity index (χ4v) is 2.69. The number of nitrogens with zero attached hydrogens (tertiary/aromatic N) is 4. The van der Waals surface area contributed by atoms with Crippen molar-refractivity contribution in [1.29, 1.82) is 0 Å². The van der Waals surface area contributed by atoms with E-state index in [0.717, 1.165) is 34.0 Å². The van der Waals surface area contributed by atoms with Gasteiger partial charge in [-0.1, -0.05) is 24.3 Å². The maximum atomic E-state index is 4.77. The Kier molecular flexibility index (Phi) is 2.21. The number of hydrogen-bond acceptors (Lipinski definition) is 4. The molecular formula is C16H14N4. The summed E-state index contributed by atoms with van der Waals surface area (Å²) in [5.41, 5.74) is 4.14. The molecule has 0 saturated carbocycles. The van der Waals surface area contributed by atoms with Crippen molar-refractivity contribution in [3.8, 4) is 0 Å². The van der Waals surface area contributed by atoms with Gasteiger partial charge in [0.1, 0.15) is 0 Å². The van der Waals surface area contributed by atoms with Crippen LogP contribution in [0.4, 0.5) is 23.0 Å². The van der Waals surface area contributed by atoms with E-state index >= 15 is 0 Å². The molecule has 0 radical (unpaired) electrons. The van der Waals surface area contributed by atoms with Crippen LogP contribution in [0.25, 0.3) is 11.0 Å². The van der Waals surface area contributed by atoms with E-state index in [9.17, 15) is 0 Å². The predicted molar refractivity (Wildman–Crippen MR) is 82.1 cm³/mol. The third-order valence-electron chi connectivity index (χ3n) is 3.77. The van der Waals surface area contributed by atoms with Crippen LogP contribution in [-0.4, -0.2) is 24.1 Å². The Morgan fingerprint density at radius 1 is 0.650 bits per heavy atom. The number of fused-ring (bicyclic) bond motifs is 3. The molecule has 4 nitrogen and oxygen atoms in total. The molecule has 0 saturated heterocycles. The van der Waals surface area contributed by atoms with Gasteiger partial charge in [-0.15, -0.1) is 0 Å². The minimum Gasteiger partial charge on any atom is -0.325 e. The molecule has 0 aliphatic carbocycles. The van der Waals surface area contributed by atoms with Crippen LogP contribution in [0.2, 0.25) is 0 Å². The van der Waals surface area contributed by atoms with Crippen molar-refractivity contribution in [2.75, 3.05) is 23.9 Å². The molecule has 0 spiro atoms. The highest BCUT2D eigenvalue weighted by Gasteiger charge is 2.26. The number of benzene rings is 2. The minimum absolute atomic E-state index is 0.893. The van der Waals surface area contributed by atoms with Gasteiger partial charge in [0.15, 0.2) is 11.6 Å². The molecule has 2 aromatic carbocycles. The quantitative estimate of drug-likeness (QED) is 0.621. The van der Waals surface area contributed by atoms with Gasteiger partial charge < -0.3 is 9.80 Å². The monoisotopic (exact) mass is 262 g/mol. The molecule has 98 valence electrons. The topological polar surface area (TPSA) is 32.3 Å². The van der Waals surface area contributed by atoms with Crippen molar-refractivity contribution in [2.24, 2.45) is 0 Å². The van der Waals surface area contributed by atoms with Gasteiger partial charge in [-0.2, -0.15) is 0 Å². The van der Waals surface area contributed by atoms with Crippen molar-refractivity contribution in [2.45, 2.75) is 0 Å². The Labute approximate surface area is 117 Å². The molecule has 0 unspecified atom stereocenters. The maximum absolute atomic E-state index is 4.77. The van der Waals surface area contributed by atoms with Crippen molar-refractivity contribution >= 4 is 34.0 Å². The highest BCUT2D eigenvalue weighted by molar-refractivity contribution is 5.92. The van der Waals surface area contributed by atoms with Crippen LogP contribution in [-0.2, 0) is 0 Å². The zero-order valence-electron chi connectivity index (χ0n) is 11.4. The van der Waals surface area contributed by atoms with Crippen LogP contribution in [0.5, 0.6) is 0 Å². The maximum Gasteiger partial charge on any atom is 0.177 e. The smallest absolute Gasteiger partial charge is 0.177 e. The summed E-state index contributed by atoms with van der Waals surface area (Å²) in [5, 5.41) is 0. The summed E-state index contributed by atoms with van der Waals surface area (Å²) >= 11 is 0. The number of hydrogen-bond donors (Lipinski definition) is 0.